The summed E-state index contributed by atoms with van der Waals surface area (Å²) in [4.78, 5) is 9.31. The number of pyridine rings is 1. The topological polar surface area (TPSA) is 28.6 Å². The number of benzene rings is 2. The van der Waals surface area contributed by atoms with Crippen LogP contribution >= 0.6 is 0 Å². The molecule has 1 atom stereocenters. The molecular weight excluding hydrogens is 341 g/mol. The van der Waals surface area contributed by atoms with E-state index in [1.165, 1.54) is 11.6 Å². The van der Waals surface area contributed by atoms with Crippen molar-refractivity contribution in [2.24, 2.45) is 0 Å². The molecule has 1 aliphatic rings. The van der Waals surface area contributed by atoms with Crippen LogP contribution in [0, 0.1) is 5.82 Å². The highest BCUT2D eigenvalue weighted by atomic mass is 19.1. The van der Waals surface area contributed by atoms with Gasteiger partial charge < -0.3 is 9.64 Å². The summed E-state index contributed by atoms with van der Waals surface area (Å²) in [7, 11) is 1.73. The number of piperazine rings is 1. The van der Waals surface area contributed by atoms with Crippen molar-refractivity contribution in [2.45, 2.75) is 12.6 Å². The molecular formula is C22H24FN3O. The number of methoxy groups -OCH3 is 1. The number of hydrogen-bond donors (Lipinski definition) is 0. The molecule has 4 rings (SSSR count). The lowest BCUT2D eigenvalue weighted by Gasteiger charge is -2.42. The van der Waals surface area contributed by atoms with E-state index in [0.717, 1.165) is 37.4 Å². The van der Waals surface area contributed by atoms with E-state index in [1.807, 2.05) is 12.1 Å². The molecule has 1 fully saturated rings. The normalized spacial score (nSPS) is 18.1. The minimum absolute atomic E-state index is 0.175. The molecule has 140 valence electrons. The summed E-state index contributed by atoms with van der Waals surface area (Å²) in [5.41, 5.74) is 1.31. The lowest BCUT2D eigenvalue weighted by molar-refractivity contribution is 0.129. The summed E-state index contributed by atoms with van der Waals surface area (Å²) < 4.78 is 19.7. The van der Waals surface area contributed by atoms with E-state index in [-0.39, 0.29) is 11.9 Å². The summed E-state index contributed by atoms with van der Waals surface area (Å²) in [6, 6.07) is 17.6. The van der Waals surface area contributed by atoms with Crippen LogP contribution in [-0.4, -0.2) is 49.3 Å². The molecule has 0 radical (unpaired) electrons. The van der Waals surface area contributed by atoms with Crippen molar-refractivity contribution < 1.29 is 9.13 Å². The Hall–Kier alpha value is -2.50. The molecule has 4 nitrogen and oxygen atoms in total. The SMILES string of the molecule is COC[C@H]1CN(Cc2ccccc2)CCN1c1nccc2c(F)cccc12. The Morgan fingerprint density at radius 2 is 1.89 bits per heavy atom. The molecule has 1 saturated heterocycles. The van der Waals surface area contributed by atoms with Gasteiger partial charge in [0.25, 0.3) is 0 Å². The lowest BCUT2D eigenvalue weighted by Crippen LogP contribution is -2.55. The van der Waals surface area contributed by atoms with Gasteiger partial charge in [-0.2, -0.15) is 0 Å². The second-order valence-corrected chi connectivity index (χ2v) is 6.99. The lowest BCUT2D eigenvalue weighted by atomic mass is 10.1. The number of ether oxygens (including phenoxy) is 1. The molecule has 2 heterocycles. The van der Waals surface area contributed by atoms with E-state index >= 15 is 0 Å². The summed E-state index contributed by atoms with van der Waals surface area (Å²) in [6.45, 7) is 4.19. The van der Waals surface area contributed by atoms with Gasteiger partial charge in [0, 0.05) is 50.3 Å². The van der Waals surface area contributed by atoms with Gasteiger partial charge in [0.15, 0.2) is 0 Å². The Labute approximate surface area is 159 Å². The molecule has 0 N–H and O–H groups in total. The third-order valence-electron chi connectivity index (χ3n) is 5.18. The Morgan fingerprint density at radius 1 is 1.04 bits per heavy atom. The van der Waals surface area contributed by atoms with Crippen molar-refractivity contribution in [3.8, 4) is 0 Å². The fraction of sp³-hybridized carbons (Fsp3) is 0.318. The average Bonchev–Trinajstić information content (AvgIpc) is 2.70. The zero-order valence-corrected chi connectivity index (χ0v) is 15.5. The van der Waals surface area contributed by atoms with Gasteiger partial charge >= 0.3 is 0 Å². The van der Waals surface area contributed by atoms with Crippen LogP contribution in [0.5, 0.6) is 0 Å². The molecule has 0 unspecified atom stereocenters. The van der Waals surface area contributed by atoms with Crippen LogP contribution in [0.25, 0.3) is 10.8 Å². The number of fused-ring (bicyclic) bond motifs is 1. The first-order chi connectivity index (χ1) is 13.3. The maximum Gasteiger partial charge on any atom is 0.136 e. The highest BCUT2D eigenvalue weighted by Crippen LogP contribution is 2.29. The Bertz CT molecular complexity index is 902. The van der Waals surface area contributed by atoms with Gasteiger partial charge in [-0.1, -0.05) is 42.5 Å². The van der Waals surface area contributed by atoms with Crippen molar-refractivity contribution in [1.82, 2.24) is 9.88 Å². The van der Waals surface area contributed by atoms with Crippen molar-refractivity contribution in [3.63, 3.8) is 0 Å². The second-order valence-electron chi connectivity index (χ2n) is 6.99. The van der Waals surface area contributed by atoms with Gasteiger partial charge in [-0.15, -0.1) is 0 Å². The first kappa shape index (κ1) is 17.9. The van der Waals surface area contributed by atoms with E-state index in [9.17, 15) is 4.39 Å². The van der Waals surface area contributed by atoms with Crippen LogP contribution in [0.1, 0.15) is 5.56 Å². The van der Waals surface area contributed by atoms with E-state index in [1.54, 1.807) is 25.4 Å². The predicted molar refractivity (Wildman–Crippen MR) is 106 cm³/mol. The summed E-state index contributed by atoms with van der Waals surface area (Å²) in [6.07, 6.45) is 1.70. The van der Waals surface area contributed by atoms with Crippen LogP contribution in [0.2, 0.25) is 0 Å². The van der Waals surface area contributed by atoms with Crippen molar-refractivity contribution in [1.29, 1.82) is 0 Å². The summed E-state index contributed by atoms with van der Waals surface area (Å²) in [5, 5.41) is 1.47. The van der Waals surface area contributed by atoms with E-state index in [0.29, 0.717) is 12.0 Å². The molecule has 0 aliphatic carbocycles. The standard InChI is InChI=1S/C22H24FN3O/c1-27-16-18-15-25(14-17-6-3-2-4-7-17)12-13-26(18)22-20-8-5-9-21(23)19(20)10-11-24-22/h2-11,18H,12-16H2,1H3/t18-/m1/s1. The fourth-order valence-corrected chi connectivity index (χ4v) is 3.90. The third-order valence-corrected chi connectivity index (χ3v) is 5.18. The molecule has 0 spiro atoms. The monoisotopic (exact) mass is 365 g/mol. The van der Waals surface area contributed by atoms with Crippen LogP contribution in [0.15, 0.2) is 60.8 Å². The van der Waals surface area contributed by atoms with Crippen LogP contribution in [0.3, 0.4) is 0 Å². The van der Waals surface area contributed by atoms with Gasteiger partial charge in [0.1, 0.15) is 11.6 Å². The number of aromatic nitrogens is 1. The number of hydrogen-bond acceptors (Lipinski definition) is 4. The van der Waals surface area contributed by atoms with Crippen LogP contribution < -0.4 is 4.90 Å². The molecule has 0 saturated carbocycles. The molecule has 1 aromatic heterocycles. The van der Waals surface area contributed by atoms with Crippen molar-refractivity contribution >= 4 is 16.6 Å². The molecule has 0 amide bonds. The number of halogens is 1. The maximum atomic E-state index is 14.2. The zero-order valence-electron chi connectivity index (χ0n) is 15.5. The van der Waals surface area contributed by atoms with Gasteiger partial charge in [-0.25, -0.2) is 9.37 Å². The summed E-state index contributed by atoms with van der Waals surface area (Å²) in [5.74, 6) is 0.635. The second kappa shape index (κ2) is 8.03. The molecule has 5 heteroatoms. The summed E-state index contributed by atoms with van der Waals surface area (Å²) >= 11 is 0. The fourth-order valence-electron chi connectivity index (χ4n) is 3.90. The predicted octanol–water partition coefficient (Wildman–Crippen LogP) is 3.71. The first-order valence-electron chi connectivity index (χ1n) is 9.31. The molecule has 0 bridgehead atoms. The van der Waals surface area contributed by atoms with Crippen LogP contribution in [-0.2, 0) is 11.3 Å². The number of anilines is 1. The largest absolute Gasteiger partial charge is 0.383 e. The molecule has 3 aromatic rings. The number of nitrogens with zero attached hydrogens (tertiary/aromatic N) is 3. The molecule has 1 aliphatic heterocycles. The van der Waals surface area contributed by atoms with Gasteiger partial charge in [0.05, 0.1) is 12.6 Å². The van der Waals surface area contributed by atoms with Crippen molar-refractivity contribution in [3.05, 3.63) is 72.2 Å². The Morgan fingerprint density at radius 3 is 2.70 bits per heavy atom. The van der Waals surface area contributed by atoms with Gasteiger partial charge in [0.2, 0.25) is 0 Å². The zero-order chi connectivity index (χ0) is 18.6. The third kappa shape index (κ3) is 3.80. The highest BCUT2D eigenvalue weighted by molar-refractivity contribution is 5.92. The maximum absolute atomic E-state index is 14.2. The van der Waals surface area contributed by atoms with Gasteiger partial charge in [-0.05, 0) is 17.7 Å². The highest BCUT2D eigenvalue weighted by Gasteiger charge is 2.29. The Balaban J connectivity index is 1.59. The van der Waals surface area contributed by atoms with Gasteiger partial charge in [-0.3, -0.25) is 4.90 Å². The average molecular weight is 365 g/mol. The minimum Gasteiger partial charge on any atom is -0.383 e. The molecule has 27 heavy (non-hydrogen) atoms. The molecule has 2 aromatic carbocycles. The van der Waals surface area contributed by atoms with E-state index in [4.69, 9.17) is 4.74 Å². The van der Waals surface area contributed by atoms with E-state index in [2.05, 4.69) is 39.0 Å². The smallest absolute Gasteiger partial charge is 0.136 e. The minimum atomic E-state index is -0.206. The quantitative estimate of drug-likeness (QED) is 0.689. The van der Waals surface area contributed by atoms with Crippen molar-refractivity contribution in [2.75, 3.05) is 38.3 Å². The first-order valence-corrected chi connectivity index (χ1v) is 9.31. The van der Waals surface area contributed by atoms with Crippen LogP contribution in [0.4, 0.5) is 10.2 Å². The Kier molecular flexibility index (Phi) is 5.32. The van der Waals surface area contributed by atoms with E-state index < -0.39 is 0 Å². The number of rotatable bonds is 5.